The molecule has 1 N–H and O–H groups in total. The molecular formula is C14H11Cl4N3O2Zn. The van der Waals surface area contributed by atoms with E-state index >= 15 is 0 Å². The van der Waals surface area contributed by atoms with Gasteiger partial charge in [0, 0.05) is 11.6 Å². The predicted molar refractivity (Wildman–Crippen MR) is 77.1 cm³/mol. The molecule has 0 aliphatic rings. The Kier molecular flexibility index (Phi) is 15.3. The van der Waals surface area contributed by atoms with Crippen molar-refractivity contribution in [2.45, 2.75) is 0 Å². The van der Waals surface area contributed by atoms with Gasteiger partial charge in [-0.15, -0.1) is 0 Å². The van der Waals surface area contributed by atoms with Gasteiger partial charge in [-0.3, -0.25) is 4.79 Å². The summed E-state index contributed by atoms with van der Waals surface area (Å²) in [7, 11) is 1.43. The summed E-state index contributed by atoms with van der Waals surface area (Å²) in [5.74, 6) is 0.0171. The Bertz CT molecular complexity index is 696. The van der Waals surface area contributed by atoms with Crippen LogP contribution in [0.4, 0.5) is 11.4 Å². The van der Waals surface area contributed by atoms with Crippen molar-refractivity contribution in [3.05, 3.63) is 58.0 Å². The van der Waals surface area contributed by atoms with Crippen LogP contribution in [0.5, 0.6) is 5.75 Å². The molecule has 0 atom stereocenters. The molecular weight excluding hydrogens is 449 g/mol. The molecule has 0 bridgehead atoms. The molecule has 0 aromatic heterocycles. The minimum absolute atomic E-state index is 0. The molecule has 0 fully saturated rings. The number of carbonyl (C=O) groups excluding carboxylic acids is 1. The third-order valence-corrected chi connectivity index (χ3v) is 2.97. The van der Waals surface area contributed by atoms with Crippen molar-refractivity contribution in [3.63, 3.8) is 0 Å². The standard InChI is InChI=1S/C14H10ClN3O2.3ClH.Zn/c1-20-13-8-11(10(15)7-12(13)18-16)17-14(19)9-5-3-2-4-6-9;;;;/h2-8H,1H3;3*1H;/q;;;;+2/p-2. The van der Waals surface area contributed by atoms with Crippen molar-refractivity contribution < 1.29 is 66.2 Å². The fourth-order valence-electron chi connectivity index (χ4n) is 1.66. The van der Waals surface area contributed by atoms with Crippen molar-refractivity contribution >= 4 is 28.9 Å². The molecule has 0 spiro atoms. The van der Waals surface area contributed by atoms with Gasteiger partial charge in [0.25, 0.3) is 5.91 Å². The van der Waals surface area contributed by atoms with Gasteiger partial charge in [-0.2, -0.15) is 0 Å². The molecule has 2 aromatic carbocycles. The minimum atomic E-state index is -0.289. The van der Waals surface area contributed by atoms with Gasteiger partial charge in [0.2, 0.25) is 11.1 Å². The molecule has 0 aliphatic carbocycles. The van der Waals surface area contributed by atoms with Crippen LogP contribution in [0.1, 0.15) is 10.4 Å². The second-order valence-corrected chi connectivity index (χ2v) is 4.33. The van der Waals surface area contributed by atoms with Gasteiger partial charge in [-0.25, -0.2) is 0 Å². The van der Waals surface area contributed by atoms with E-state index in [0.717, 1.165) is 0 Å². The molecule has 0 unspecified atom stereocenters. The largest absolute Gasteiger partial charge is 2.00 e. The zero-order chi connectivity index (χ0) is 14.5. The van der Waals surface area contributed by atoms with Gasteiger partial charge in [-0.05, 0) is 12.1 Å². The van der Waals surface area contributed by atoms with Gasteiger partial charge in [0.05, 0.1) is 23.9 Å². The summed E-state index contributed by atoms with van der Waals surface area (Å²) in [6.45, 7) is 0. The first kappa shape index (κ1) is 27.7. The van der Waals surface area contributed by atoms with Crippen molar-refractivity contribution in [2.24, 2.45) is 0 Å². The third-order valence-electron chi connectivity index (χ3n) is 2.66. The number of nitrogens with one attached hydrogen (secondary N) is 1. The van der Waals surface area contributed by atoms with Crippen molar-refractivity contribution in [3.8, 4) is 5.75 Å². The molecule has 1 amide bonds. The topological polar surface area (TPSA) is 66.5 Å². The van der Waals surface area contributed by atoms with E-state index in [0.29, 0.717) is 17.0 Å². The monoisotopic (exact) mass is 457 g/mol. The van der Waals surface area contributed by atoms with Crippen LogP contribution in [0.25, 0.3) is 4.98 Å². The molecule has 0 heterocycles. The number of methoxy groups -OCH3 is 1. The minimum Gasteiger partial charge on any atom is -1.00 e. The molecule has 0 saturated carbocycles. The average molecular weight is 460 g/mol. The van der Waals surface area contributed by atoms with E-state index in [1.54, 1.807) is 24.3 Å². The predicted octanol–water partition coefficient (Wildman–Crippen LogP) is -4.91. The summed E-state index contributed by atoms with van der Waals surface area (Å²) in [5, 5.41) is 11.8. The Labute approximate surface area is 176 Å². The van der Waals surface area contributed by atoms with Gasteiger partial charge >= 0.3 is 25.2 Å². The quantitative estimate of drug-likeness (QED) is 0.369. The summed E-state index contributed by atoms with van der Waals surface area (Å²) in [4.78, 5) is 15.1. The molecule has 0 radical (unpaired) electrons. The first-order chi connectivity index (χ1) is 9.65. The van der Waals surface area contributed by atoms with Crippen LogP contribution in [0.3, 0.4) is 0 Å². The normalized spacial score (nSPS) is 8.04. The molecule has 10 heteroatoms. The number of diazo groups is 1. The molecule has 5 nitrogen and oxygen atoms in total. The summed E-state index contributed by atoms with van der Waals surface area (Å²) < 4.78 is 5.06. The Balaban J connectivity index is -0.00000110. The Morgan fingerprint density at radius 3 is 2.25 bits per heavy atom. The van der Waals surface area contributed by atoms with E-state index < -0.39 is 0 Å². The summed E-state index contributed by atoms with van der Waals surface area (Å²) in [6, 6.07) is 11.6. The number of halogens is 4. The Morgan fingerprint density at radius 2 is 1.75 bits per heavy atom. The maximum absolute atomic E-state index is 12.0. The van der Waals surface area contributed by atoms with Crippen LogP contribution in [0.15, 0.2) is 42.5 Å². The zero-order valence-corrected chi connectivity index (χ0v) is 18.5. The van der Waals surface area contributed by atoms with Crippen LogP contribution < -0.4 is 47.3 Å². The fourth-order valence-corrected chi connectivity index (χ4v) is 1.87. The third kappa shape index (κ3) is 6.80. The molecule has 0 saturated heterocycles. The number of ether oxygens (including phenoxy) is 1. The van der Waals surface area contributed by atoms with E-state index in [4.69, 9.17) is 21.7 Å². The second kappa shape index (κ2) is 13.2. The van der Waals surface area contributed by atoms with Gasteiger partial charge in [-0.1, -0.05) is 29.8 Å². The summed E-state index contributed by atoms with van der Waals surface area (Å²) in [6.07, 6.45) is 0. The van der Waals surface area contributed by atoms with Crippen molar-refractivity contribution in [1.82, 2.24) is 0 Å². The Hall–Kier alpha value is -1.09. The van der Waals surface area contributed by atoms with E-state index in [9.17, 15) is 4.79 Å². The van der Waals surface area contributed by atoms with Crippen LogP contribution >= 0.6 is 11.6 Å². The number of rotatable bonds is 3. The molecule has 2 rings (SSSR count). The summed E-state index contributed by atoms with van der Waals surface area (Å²) >= 11 is 6.03. The van der Waals surface area contributed by atoms with Crippen LogP contribution in [-0.2, 0) is 19.5 Å². The van der Waals surface area contributed by atoms with Crippen molar-refractivity contribution in [1.29, 1.82) is 5.39 Å². The van der Waals surface area contributed by atoms with Crippen LogP contribution in [-0.4, -0.2) is 13.0 Å². The fraction of sp³-hybridized carbons (Fsp3) is 0.0714. The van der Waals surface area contributed by atoms with E-state index in [2.05, 4.69) is 10.3 Å². The van der Waals surface area contributed by atoms with Gasteiger partial charge in [0.15, 0.2) is 4.98 Å². The van der Waals surface area contributed by atoms with Crippen molar-refractivity contribution in [2.75, 3.05) is 12.4 Å². The van der Waals surface area contributed by atoms with Gasteiger partial charge in [0.1, 0.15) is 0 Å². The number of nitrogens with zero attached hydrogens (tertiary/aromatic N) is 2. The van der Waals surface area contributed by atoms with Crippen LogP contribution in [0, 0.1) is 5.39 Å². The average Bonchev–Trinajstić information content (AvgIpc) is 2.49. The maximum atomic E-state index is 12.0. The number of hydrogen-bond acceptors (Lipinski definition) is 3. The number of amides is 1. The van der Waals surface area contributed by atoms with E-state index in [-0.39, 0.29) is 73.3 Å². The second-order valence-electron chi connectivity index (χ2n) is 3.92. The first-order valence-electron chi connectivity index (χ1n) is 5.74. The van der Waals surface area contributed by atoms with E-state index in [1.165, 1.54) is 19.2 Å². The first-order valence-corrected chi connectivity index (χ1v) is 6.12. The molecule has 0 aliphatic heterocycles. The van der Waals surface area contributed by atoms with Gasteiger partial charge < -0.3 is 47.3 Å². The molecule has 124 valence electrons. The smallest absolute Gasteiger partial charge is 1.00 e. The molecule has 24 heavy (non-hydrogen) atoms. The number of anilines is 1. The number of benzene rings is 2. The van der Waals surface area contributed by atoms with E-state index in [1.807, 2.05) is 6.07 Å². The van der Waals surface area contributed by atoms with Crippen LogP contribution in [0.2, 0.25) is 5.02 Å². The maximum Gasteiger partial charge on any atom is 2.00 e. The SMILES string of the molecule is COc1cc(NC(=O)c2ccccc2)c(Cl)cc1[N+]#N.[Cl-].[Cl-].[Cl-].[Zn+2]. The summed E-state index contributed by atoms with van der Waals surface area (Å²) in [5.41, 5.74) is 1.08. The Morgan fingerprint density at radius 1 is 1.17 bits per heavy atom. The number of hydrogen-bond donors (Lipinski definition) is 1. The molecule has 2 aromatic rings. The zero-order valence-electron chi connectivity index (χ0n) is 12.5. The number of carbonyl (C=O) groups is 1.